The Hall–Kier alpha value is -1.11. The predicted molar refractivity (Wildman–Crippen MR) is 77.5 cm³/mol. The number of nitrogens with one attached hydrogen (secondary N) is 1. The second-order valence-electron chi connectivity index (χ2n) is 5.63. The molecule has 3 nitrogen and oxygen atoms in total. The molecule has 2 unspecified atom stereocenters. The topological polar surface area (TPSA) is 41.5 Å². The zero-order valence-corrected chi connectivity index (χ0v) is 12.6. The molecule has 6 heteroatoms. The number of benzene rings is 1. The molecule has 0 bridgehead atoms. The van der Waals surface area contributed by atoms with Gasteiger partial charge in [-0.2, -0.15) is 13.2 Å². The van der Waals surface area contributed by atoms with Gasteiger partial charge in [-0.3, -0.25) is 0 Å². The average Bonchev–Trinajstić information content (AvgIpc) is 2.52. The maximum Gasteiger partial charge on any atom is 0.416 e. The van der Waals surface area contributed by atoms with Gasteiger partial charge in [-0.25, -0.2) is 0 Å². The van der Waals surface area contributed by atoms with Crippen molar-refractivity contribution in [3.05, 3.63) is 35.4 Å². The number of rotatable bonds is 5. The molecule has 1 fully saturated rings. The fraction of sp³-hybridized carbons (Fsp3) is 0.625. The molecule has 1 aliphatic heterocycles. The van der Waals surface area contributed by atoms with Crippen LogP contribution in [0.5, 0.6) is 0 Å². The Labute approximate surface area is 128 Å². The number of hydrogen-bond donors (Lipinski definition) is 2. The van der Waals surface area contributed by atoms with E-state index in [-0.39, 0.29) is 12.1 Å². The molecule has 0 spiro atoms. The molecule has 2 rings (SSSR count). The number of aliphatic hydroxyl groups is 1. The average molecular weight is 317 g/mol. The Balaban J connectivity index is 2.02. The summed E-state index contributed by atoms with van der Waals surface area (Å²) in [6, 6.07) is 4.82. The van der Waals surface area contributed by atoms with Gasteiger partial charge in [0, 0.05) is 25.3 Å². The second-order valence-corrected chi connectivity index (χ2v) is 5.63. The summed E-state index contributed by atoms with van der Waals surface area (Å²) in [7, 11) is 0. The lowest BCUT2D eigenvalue weighted by Crippen LogP contribution is -2.44. The van der Waals surface area contributed by atoms with Crippen LogP contribution in [0.15, 0.2) is 24.3 Å². The minimum atomic E-state index is -4.35. The summed E-state index contributed by atoms with van der Waals surface area (Å²) in [4.78, 5) is 0. The van der Waals surface area contributed by atoms with E-state index in [1.165, 1.54) is 12.1 Å². The van der Waals surface area contributed by atoms with E-state index in [0.29, 0.717) is 25.2 Å². The monoisotopic (exact) mass is 317 g/mol. The first-order valence-electron chi connectivity index (χ1n) is 7.61. The molecule has 0 saturated carbocycles. The second kappa shape index (κ2) is 7.44. The van der Waals surface area contributed by atoms with Crippen LogP contribution < -0.4 is 5.32 Å². The highest BCUT2D eigenvalue weighted by atomic mass is 19.4. The Morgan fingerprint density at radius 2 is 1.82 bits per heavy atom. The van der Waals surface area contributed by atoms with Crippen molar-refractivity contribution < 1.29 is 23.0 Å². The van der Waals surface area contributed by atoms with Gasteiger partial charge in [0.25, 0.3) is 0 Å². The van der Waals surface area contributed by atoms with Crippen molar-refractivity contribution in [3.8, 4) is 0 Å². The summed E-state index contributed by atoms with van der Waals surface area (Å²) < 4.78 is 43.0. The SMILES string of the molecule is CCC(NC1CCOCC1)C(O)c1ccc(C(F)(F)F)cc1. The summed E-state index contributed by atoms with van der Waals surface area (Å²) >= 11 is 0. The highest BCUT2D eigenvalue weighted by Gasteiger charge is 2.31. The van der Waals surface area contributed by atoms with Crippen molar-refractivity contribution in [2.24, 2.45) is 0 Å². The molecule has 0 aromatic heterocycles. The van der Waals surface area contributed by atoms with E-state index < -0.39 is 17.8 Å². The summed E-state index contributed by atoms with van der Waals surface area (Å²) in [5.74, 6) is 0. The summed E-state index contributed by atoms with van der Waals surface area (Å²) in [5.41, 5.74) is -0.201. The standard InChI is InChI=1S/C16H22F3NO2/c1-2-14(20-13-7-9-22-10-8-13)15(21)11-3-5-12(6-4-11)16(17,18)19/h3-6,13-15,20-21H,2,7-10H2,1H3. The van der Waals surface area contributed by atoms with Crippen LogP contribution in [0.1, 0.15) is 43.4 Å². The molecular formula is C16H22F3NO2. The molecule has 0 radical (unpaired) electrons. The van der Waals surface area contributed by atoms with Gasteiger partial charge in [0.15, 0.2) is 0 Å². The summed E-state index contributed by atoms with van der Waals surface area (Å²) in [6.45, 7) is 3.35. The summed E-state index contributed by atoms with van der Waals surface area (Å²) in [5, 5.41) is 13.8. The zero-order chi connectivity index (χ0) is 16.2. The maximum atomic E-state index is 12.6. The first-order chi connectivity index (χ1) is 10.4. The van der Waals surface area contributed by atoms with Crippen LogP contribution in [0.3, 0.4) is 0 Å². The van der Waals surface area contributed by atoms with Gasteiger partial charge in [0.05, 0.1) is 11.7 Å². The van der Waals surface area contributed by atoms with Gasteiger partial charge in [0.2, 0.25) is 0 Å². The van der Waals surface area contributed by atoms with Crippen LogP contribution in [0.25, 0.3) is 0 Å². The van der Waals surface area contributed by atoms with Crippen LogP contribution in [0.2, 0.25) is 0 Å². The van der Waals surface area contributed by atoms with E-state index in [4.69, 9.17) is 4.74 Å². The number of alkyl halides is 3. The Kier molecular flexibility index (Phi) is 5.83. The zero-order valence-electron chi connectivity index (χ0n) is 12.6. The highest BCUT2D eigenvalue weighted by Crippen LogP contribution is 2.30. The molecule has 2 atom stereocenters. The highest BCUT2D eigenvalue weighted by molar-refractivity contribution is 5.26. The molecule has 2 N–H and O–H groups in total. The lowest BCUT2D eigenvalue weighted by Gasteiger charge is -2.31. The maximum absolute atomic E-state index is 12.6. The molecule has 1 aromatic carbocycles. The third-order valence-corrected chi connectivity index (χ3v) is 4.07. The Bertz CT molecular complexity index is 455. The molecule has 1 saturated heterocycles. The van der Waals surface area contributed by atoms with Gasteiger partial charge >= 0.3 is 6.18 Å². The van der Waals surface area contributed by atoms with Gasteiger partial charge in [-0.15, -0.1) is 0 Å². The van der Waals surface area contributed by atoms with Gasteiger partial charge in [-0.1, -0.05) is 19.1 Å². The molecule has 22 heavy (non-hydrogen) atoms. The quantitative estimate of drug-likeness (QED) is 0.876. The van der Waals surface area contributed by atoms with E-state index >= 15 is 0 Å². The fourth-order valence-electron chi connectivity index (χ4n) is 2.70. The van der Waals surface area contributed by atoms with Crippen molar-refractivity contribution in [1.29, 1.82) is 0 Å². The fourth-order valence-corrected chi connectivity index (χ4v) is 2.70. The van der Waals surface area contributed by atoms with E-state index in [1.54, 1.807) is 0 Å². The van der Waals surface area contributed by atoms with Crippen molar-refractivity contribution in [3.63, 3.8) is 0 Å². The van der Waals surface area contributed by atoms with E-state index in [1.807, 2.05) is 6.92 Å². The first-order valence-corrected chi connectivity index (χ1v) is 7.61. The van der Waals surface area contributed by atoms with Crippen LogP contribution in [0, 0.1) is 0 Å². The van der Waals surface area contributed by atoms with Crippen LogP contribution in [0.4, 0.5) is 13.2 Å². The minimum Gasteiger partial charge on any atom is -0.387 e. The molecule has 0 amide bonds. The Morgan fingerprint density at radius 1 is 1.23 bits per heavy atom. The number of ether oxygens (including phenoxy) is 1. The first kappa shape index (κ1) is 17.2. The molecule has 124 valence electrons. The Morgan fingerprint density at radius 3 is 2.32 bits per heavy atom. The van der Waals surface area contributed by atoms with Crippen LogP contribution in [-0.4, -0.2) is 30.4 Å². The largest absolute Gasteiger partial charge is 0.416 e. The minimum absolute atomic E-state index is 0.181. The number of hydrogen-bond acceptors (Lipinski definition) is 3. The van der Waals surface area contributed by atoms with Gasteiger partial charge < -0.3 is 15.2 Å². The third-order valence-electron chi connectivity index (χ3n) is 4.07. The lowest BCUT2D eigenvalue weighted by molar-refractivity contribution is -0.137. The van der Waals surface area contributed by atoms with Crippen molar-refractivity contribution in [2.45, 2.75) is 50.6 Å². The predicted octanol–water partition coefficient (Wildman–Crippen LogP) is 3.29. The molecule has 1 aliphatic rings. The van der Waals surface area contributed by atoms with E-state index in [9.17, 15) is 18.3 Å². The molecule has 1 heterocycles. The van der Waals surface area contributed by atoms with E-state index in [0.717, 1.165) is 25.0 Å². The summed E-state index contributed by atoms with van der Waals surface area (Å²) in [6.07, 6.45) is -2.71. The number of halogens is 3. The van der Waals surface area contributed by atoms with Crippen LogP contribution >= 0.6 is 0 Å². The van der Waals surface area contributed by atoms with E-state index in [2.05, 4.69) is 5.32 Å². The van der Waals surface area contributed by atoms with Crippen molar-refractivity contribution in [2.75, 3.05) is 13.2 Å². The third kappa shape index (κ3) is 4.44. The lowest BCUT2D eigenvalue weighted by atomic mass is 9.97. The van der Waals surface area contributed by atoms with Crippen LogP contribution in [-0.2, 0) is 10.9 Å². The number of aliphatic hydroxyl groups excluding tert-OH is 1. The normalized spacial score (nSPS) is 19.9. The van der Waals surface area contributed by atoms with Crippen molar-refractivity contribution in [1.82, 2.24) is 5.32 Å². The van der Waals surface area contributed by atoms with Crippen molar-refractivity contribution >= 4 is 0 Å². The molecule has 0 aliphatic carbocycles. The molecule has 1 aromatic rings. The van der Waals surface area contributed by atoms with Gasteiger partial charge in [-0.05, 0) is 37.0 Å². The smallest absolute Gasteiger partial charge is 0.387 e. The molecular weight excluding hydrogens is 295 g/mol. The van der Waals surface area contributed by atoms with Gasteiger partial charge in [0.1, 0.15) is 0 Å².